The van der Waals surface area contributed by atoms with Crippen molar-refractivity contribution in [1.82, 2.24) is 9.21 Å². The number of hydrogen-bond acceptors (Lipinski definition) is 5. The van der Waals surface area contributed by atoms with Crippen LogP contribution in [0, 0.1) is 11.8 Å². The number of carbonyl (C=O) groups is 1. The molecule has 1 aromatic rings. The van der Waals surface area contributed by atoms with Gasteiger partial charge < -0.3 is 4.74 Å². The minimum Gasteiger partial charge on any atom is -0.468 e. The largest absolute Gasteiger partial charge is 0.468 e. The summed E-state index contributed by atoms with van der Waals surface area (Å²) in [7, 11) is 1.04. The summed E-state index contributed by atoms with van der Waals surface area (Å²) in [6.45, 7) is 1.43. The van der Waals surface area contributed by atoms with Gasteiger partial charge >= 0.3 is 5.97 Å². The van der Waals surface area contributed by atoms with Crippen molar-refractivity contribution >= 4 is 16.0 Å². The molecule has 0 radical (unpaired) electrons. The lowest BCUT2D eigenvalue weighted by Gasteiger charge is -2.27. The Balaban J connectivity index is 1.78. The van der Waals surface area contributed by atoms with E-state index in [1.54, 1.807) is 18.2 Å². The van der Waals surface area contributed by atoms with Gasteiger partial charge in [0.2, 0.25) is 10.0 Å². The molecule has 1 aromatic carbocycles. The fourth-order valence-electron chi connectivity index (χ4n) is 4.69. The molecule has 0 aromatic heterocycles. The molecule has 7 heteroatoms. The third-order valence-corrected chi connectivity index (χ3v) is 8.10. The molecule has 3 rings (SSSR count). The fourth-order valence-corrected chi connectivity index (χ4v) is 5.66. The summed E-state index contributed by atoms with van der Waals surface area (Å²) in [4.78, 5) is 14.9. The van der Waals surface area contributed by atoms with Crippen molar-refractivity contribution in [1.29, 1.82) is 0 Å². The van der Waals surface area contributed by atoms with Gasteiger partial charge in [0.15, 0.2) is 0 Å². The van der Waals surface area contributed by atoms with Crippen molar-refractivity contribution in [2.75, 3.05) is 27.7 Å². The molecular formula is C21H32N2O4S. The SMILES string of the molecule is COC(=O)[C@H]1C[C@H](C2CCCCC2)CN1Cc1cccc(S(=O)(=O)N(C)C)c1. The second-order valence-corrected chi connectivity index (χ2v) is 10.4. The number of ether oxygens (including phenoxy) is 1. The topological polar surface area (TPSA) is 66.9 Å². The van der Waals surface area contributed by atoms with Gasteiger partial charge in [-0.05, 0) is 36.0 Å². The molecule has 28 heavy (non-hydrogen) atoms. The Morgan fingerprint density at radius 3 is 2.54 bits per heavy atom. The standard InChI is InChI=1S/C21H32N2O4S/c1-22(2)28(25,26)19-11-7-8-16(12-19)14-23-15-18(13-20(23)21(24)27-3)17-9-5-4-6-10-17/h7-8,11-12,17-18,20H,4-6,9-10,13-15H2,1-3H3/t18-,20+/m0/s1. The number of likely N-dealkylation sites (tertiary alicyclic amines) is 1. The zero-order valence-corrected chi connectivity index (χ0v) is 18.0. The summed E-state index contributed by atoms with van der Waals surface area (Å²) in [5, 5.41) is 0. The molecule has 6 nitrogen and oxygen atoms in total. The molecule has 2 atom stereocenters. The maximum Gasteiger partial charge on any atom is 0.323 e. The predicted molar refractivity (Wildman–Crippen MR) is 108 cm³/mol. The Kier molecular flexibility index (Phi) is 6.78. The van der Waals surface area contributed by atoms with Crippen molar-refractivity contribution in [3.8, 4) is 0 Å². The van der Waals surface area contributed by atoms with Crippen molar-refractivity contribution in [2.24, 2.45) is 11.8 Å². The van der Waals surface area contributed by atoms with E-state index in [2.05, 4.69) is 4.90 Å². The molecule has 2 fully saturated rings. The Hall–Kier alpha value is -1.44. The lowest BCUT2D eigenvalue weighted by molar-refractivity contribution is -0.146. The van der Waals surface area contributed by atoms with E-state index in [1.165, 1.54) is 57.6 Å². The maximum atomic E-state index is 12.4. The first-order valence-electron chi connectivity index (χ1n) is 10.2. The zero-order chi connectivity index (χ0) is 20.3. The van der Waals surface area contributed by atoms with Crippen LogP contribution in [0.3, 0.4) is 0 Å². The molecule has 0 unspecified atom stereocenters. The molecule has 1 saturated heterocycles. The minimum absolute atomic E-state index is 0.185. The lowest BCUT2D eigenvalue weighted by atomic mass is 9.79. The van der Waals surface area contributed by atoms with Gasteiger partial charge in [-0.3, -0.25) is 9.69 Å². The van der Waals surface area contributed by atoms with Crippen molar-refractivity contribution in [3.05, 3.63) is 29.8 Å². The van der Waals surface area contributed by atoms with Crippen molar-refractivity contribution in [3.63, 3.8) is 0 Å². The van der Waals surface area contributed by atoms with E-state index >= 15 is 0 Å². The highest BCUT2D eigenvalue weighted by Crippen LogP contribution is 2.38. The number of methoxy groups -OCH3 is 1. The van der Waals surface area contributed by atoms with Gasteiger partial charge in [0, 0.05) is 27.2 Å². The lowest BCUT2D eigenvalue weighted by Crippen LogP contribution is -2.36. The van der Waals surface area contributed by atoms with E-state index in [9.17, 15) is 13.2 Å². The van der Waals surface area contributed by atoms with E-state index in [0.29, 0.717) is 18.4 Å². The molecule has 2 aliphatic rings. The summed E-state index contributed by atoms with van der Waals surface area (Å²) in [5.41, 5.74) is 0.904. The molecule has 1 saturated carbocycles. The number of esters is 1. The molecule has 156 valence electrons. The number of nitrogens with zero attached hydrogens (tertiary/aromatic N) is 2. The average Bonchev–Trinajstić information content (AvgIpc) is 3.12. The highest BCUT2D eigenvalue weighted by molar-refractivity contribution is 7.89. The van der Waals surface area contributed by atoms with Crippen LogP contribution in [-0.4, -0.2) is 57.4 Å². The number of hydrogen-bond donors (Lipinski definition) is 0. The van der Waals surface area contributed by atoms with Crippen molar-refractivity contribution < 1.29 is 17.9 Å². The number of benzene rings is 1. The number of sulfonamides is 1. The quantitative estimate of drug-likeness (QED) is 0.677. The first kappa shape index (κ1) is 21.3. The van der Waals surface area contributed by atoms with Crippen LogP contribution < -0.4 is 0 Å². The normalized spacial score (nSPS) is 24.6. The monoisotopic (exact) mass is 408 g/mol. The van der Waals surface area contributed by atoms with Crippen LogP contribution in [0.5, 0.6) is 0 Å². The summed E-state index contributed by atoms with van der Waals surface area (Å²) in [6.07, 6.45) is 7.24. The molecule has 0 spiro atoms. The number of carbonyl (C=O) groups excluding carboxylic acids is 1. The molecule has 1 aliphatic carbocycles. The third kappa shape index (κ3) is 4.58. The van der Waals surface area contributed by atoms with Crippen molar-refractivity contribution in [2.45, 2.75) is 56.0 Å². The first-order valence-corrected chi connectivity index (χ1v) is 11.6. The number of rotatable bonds is 6. The summed E-state index contributed by atoms with van der Waals surface area (Å²) >= 11 is 0. The average molecular weight is 409 g/mol. The fraction of sp³-hybridized carbons (Fsp3) is 0.667. The van der Waals surface area contributed by atoms with Crippen LogP contribution in [0.1, 0.15) is 44.1 Å². The second-order valence-electron chi connectivity index (χ2n) is 8.30. The Morgan fingerprint density at radius 2 is 1.89 bits per heavy atom. The van der Waals surface area contributed by atoms with E-state index in [4.69, 9.17) is 4.74 Å². The molecule has 0 bridgehead atoms. The van der Waals surface area contributed by atoms with Gasteiger partial charge in [0.1, 0.15) is 6.04 Å². The minimum atomic E-state index is -3.47. The highest BCUT2D eigenvalue weighted by Gasteiger charge is 2.40. The van der Waals surface area contributed by atoms with Crippen LogP contribution in [0.25, 0.3) is 0 Å². The maximum absolute atomic E-state index is 12.4. The van der Waals surface area contributed by atoms with Crippen LogP contribution in [0.4, 0.5) is 0 Å². The van der Waals surface area contributed by atoms with Gasteiger partial charge in [0.05, 0.1) is 12.0 Å². The molecule has 1 heterocycles. The molecule has 0 amide bonds. The Labute approximate surface area is 168 Å². The van der Waals surface area contributed by atoms with E-state index in [-0.39, 0.29) is 16.9 Å². The van der Waals surface area contributed by atoms with Crippen LogP contribution in [-0.2, 0) is 26.1 Å². The van der Waals surface area contributed by atoms with Gasteiger partial charge in [0.25, 0.3) is 0 Å². The van der Waals surface area contributed by atoms with E-state index < -0.39 is 10.0 Å². The van der Waals surface area contributed by atoms with Gasteiger partial charge in [-0.1, -0.05) is 44.2 Å². The molecular weight excluding hydrogens is 376 g/mol. The van der Waals surface area contributed by atoms with Gasteiger partial charge in [-0.15, -0.1) is 0 Å². The smallest absolute Gasteiger partial charge is 0.323 e. The molecule has 1 aliphatic heterocycles. The molecule has 0 N–H and O–H groups in total. The van der Waals surface area contributed by atoms with Gasteiger partial charge in [-0.2, -0.15) is 0 Å². The van der Waals surface area contributed by atoms with E-state index in [0.717, 1.165) is 18.5 Å². The summed E-state index contributed by atoms with van der Waals surface area (Å²) in [5.74, 6) is 1.01. The summed E-state index contributed by atoms with van der Waals surface area (Å²) in [6, 6.07) is 6.79. The zero-order valence-electron chi connectivity index (χ0n) is 17.1. The first-order chi connectivity index (χ1) is 13.3. The summed E-state index contributed by atoms with van der Waals surface area (Å²) < 4.78 is 31.2. The Bertz CT molecular complexity index is 787. The highest BCUT2D eigenvalue weighted by atomic mass is 32.2. The second kappa shape index (κ2) is 8.93. The van der Waals surface area contributed by atoms with E-state index in [1.807, 2.05) is 6.07 Å². The van der Waals surface area contributed by atoms with Gasteiger partial charge in [-0.25, -0.2) is 12.7 Å². The third-order valence-electron chi connectivity index (χ3n) is 6.29. The van der Waals surface area contributed by atoms with Crippen LogP contribution in [0.15, 0.2) is 29.2 Å². The van der Waals surface area contributed by atoms with Crippen LogP contribution >= 0.6 is 0 Å². The predicted octanol–water partition coefficient (Wildman–Crippen LogP) is 2.88. The van der Waals surface area contributed by atoms with Crippen LogP contribution in [0.2, 0.25) is 0 Å². The Morgan fingerprint density at radius 1 is 1.18 bits per heavy atom.